The van der Waals surface area contributed by atoms with Crippen LogP contribution in [0.5, 0.6) is 0 Å². The fourth-order valence-corrected chi connectivity index (χ4v) is 4.89. The van der Waals surface area contributed by atoms with E-state index in [1.165, 1.54) is 28.9 Å². The van der Waals surface area contributed by atoms with Gasteiger partial charge in [0.05, 0.1) is 12.6 Å². The molecule has 31 heavy (non-hydrogen) atoms. The number of carbonyl (C=O) groups excluding carboxylic acids is 1. The van der Waals surface area contributed by atoms with Gasteiger partial charge in [-0.1, -0.05) is 91.0 Å². The van der Waals surface area contributed by atoms with Crippen LogP contribution < -0.4 is 0 Å². The predicted octanol–water partition coefficient (Wildman–Crippen LogP) is 4.71. The van der Waals surface area contributed by atoms with Gasteiger partial charge in [0.2, 0.25) is 5.91 Å². The average Bonchev–Trinajstić information content (AvgIpc) is 2.86. The summed E-state index contributed by atoms with van der Waals surface area (Å²) in [6, 6.07) is 32.2. The summed E-state index contributed by atoms with van der Waals surface area (Å²) in [5.41, 5.74) is 3.31. The Morgan fingerprint density at radius 2 is 1.19 bits per heavy atom. The Morgan fingerprint density at radius 1 is 0.806 bits per heavy atom. The lowest BCUT2D eigenvalue weighted by Gasteiger charge is -2.48. The fourth-order valence-electron chi connectivity index (χ4n) is 4.89. The van der Waals surface area contributed by atoms with Crippen molar-refractivity contribution in [2.24, 2.45) is 5.92 Å². The van der Waals surface area contributed by atoms with Gasteiger partial charge in [0.25, 0.3) is 0 Å². The molecule has 3 aromatic carbocycles. The van der Waals surface area contributed by atoms with Crippen molar-refractivity contribution in [3.05, 3.63) is 108 Å². The Hall–Kier alpha value is -2.95. The van der Waals surface area contributed by atoms with Crippen molar-refractivity contribution in [2.75, 3.05) is 27.2 Å². The van der Waals surface area contributed by atoms with E-state index in [0.717, 1.165) is 25.9 Å². The maximum Gasteiger partial charge on any atom is 0.249 e. The van der Waals surface area contributed by atoms with Gasteiger partial charge >= 0.3 is 0 Å². The first-order chi connectivity index (χ1) is 15.2. The van der Waals surface area contributed by atoms with Gasteiger partial charge in [-0.2, -0.15) is 0 Å². The number of hydrogen-bond donors (Lipinski definition) is 0. The Bertz CT molecular complexity index is 871. The molecule has 1 fully saturated rings. The zero-order valence-corrected chi connectivity index (χ0v) is 18.3. The second-order valence-corrected chi connectivity index (χ2v) is 8.09. The molecule has 0 N–H and O–H groups in total. The molecule has 0 aromatic heterocycles. The summed E-state index contributed by atoms with van der Waals surface area (Å²) in [6.45, 7) is 1.65. The van der Waals surface area contributed by atoms with Crippen LogP contribution in [0, 0.1) is 5.92 Å². The van der Waals surface area contributed by atoms with Crippen molar-refractivity contribution in [2.45, 2.75) is 18.4 Å². The first-order valence-electron chi connectivity index (χ1n) is 10.9. The van der Waals surface area contributed by atoms with Gasteiger partial charge in [0, 0.05) is 26.1 Å². The van der Waals surface area contributed by atoms with E-state index in [1.54, 1.807) is 7.05 Å². The fraction of sp³-hybridized carbons (Fsp3) is 0.296. The normalized spacial score (nSPS) is 15.5. The Labute approximate surface area is 185 Å². The van der Waals surface area contributed by atoms with Crippen LogP contribution in [-0.2, 0) is 15.2 Å². The highest BCUT2D eigenvalue weighted by Gasteiger charge is 2.44. The smallest absolute Gasteiger partial charge is 0.249 e. The van der Waals surface area contributed by atoms with Crippen LogP contribution in [0.25, 0.3) is 0 Å². The van der Waals surface area contributed by atoms with E-state index >= 15 is 0 Å². The zero-order chi connectivity index (χ0) is 21.7. The average molecular weight is 415 g/mol. The number of piperidine rings is 1. The molecule has 0 spiro atoms. The number of hydrogen-bond acceptors (Lipinski definition) is 3. The molecule has 1 heterocycles. The lowest BCUT2D eigenvalue weighted by Crippen LogP contribution is -2.52. The minimum absolute atomic E-state index is 0.0128. The Balaban J connectivity index is 1.80. The van der Waals surface area contributed by atoms with Gasteiger partial charge in [-0.05, 0) is 29.5 Å². The summed E-state index contributed by atoms with van der Waals surface area (Å²) in [5.74, 6) is 0.0492. The minimum Gasteiger partial charge on any atom is -0.286 e. The molecule has 4 nitrogen and oxygen atoms in total. The molecular weight excluding hydrogens is 384 g/mol. The van der Waals surface area contributed by atoms with Gasteiger partial charge < -0.3 is 0 Å². The third-order valence-electron chi connectivity index (χ3n) is 6.48. The molecule has 1 saturated heterocycles. The van der Waals surface area contributed by atoms with E-state index in [2.05, 4.69) is 95.9 Å². The topological polar surface area (TPSA) is 32.8 Å². The van der Waals surface area contributed by atoms with Gasteiger partial charge in [-0.3, -0.25) is 14.5 Å². The molecule has 4 rings (SSSR count). The minimum atomic E-state index is -0.412. The van der Waals surface area contributed by atoms with E-state index < -0.39 is 5.54 Å². The number of benzene rings is 3. The number of hydroxylamine groups is 2. The van der Waals surface area contributed by atoms with Crippen LogP contribution in [0.15, 0.2) is 91.0 Å². The number of amides is 1. The van der Waals surface area contributed by atoms with Crippen molar-refractivity contribution >= 4 is 5.91 Å². The van der Waals surface area contributed by atoms with Gasteiger partial charge in [-0.15, -0.1) is 0 Å². The van der Waals surface area contributed by atoms with E-state index in [-0.39, 0.29) is 11.8 Å². The molecule has 1 amide bonds. The maximum absolute atomic E-state index is 12.7. The molecule has 0 unspecified atom stereocenters. The van der Waals surface area contributed by atoms with E-state index in [9.17, 15) is 4.79 Å². The zero-order valence-electron chi connectivity index (χ0n) is 18.3. The third-order valence-corrected chi connectivity index (χ3v) is 6.48. The van der Waals surface area contributed by atoms with Crippen molar-refractivity contribution in [1.82, 2.24) is 9.96 Å². The molecule has 0 bridgehead atoms. The van der Waals surface area contributed by atoms with Crippen molar-refractivity contribution in [3.63, 3.8) is 0 Å². The molecule has 4 heteroatoms. The summed E-state index contributed by atoms with van der Waals surface area (Å²) < 4.78 is 0. The van der Waals surface area contributed by atoms with E-state index in [1.807, 2.05) is 0 Å². The summed E-state index contributed by atoms with van der Waals surface area (Å²) >= 11 is 0. The Kier molecular flexibility index (Phi) is 6.50. The predicted molar refractivity (Wildman–Crippen MR) is 123 cm³/mol. The van der Waals surface area contributed by atoms with E-state index in [4.69, 9.17) is 4.84 Å². The number of likely N-dealkylation sites (tertiary alicyclic amines) is 1. The van der Waals surface area contributed by atoms with Crippen LogP contribution in [0.2, 0.25) is 0 Å². The monoisotopic (exact) mass is 414 g/mol. The lowest BCUT2D eigenvalue weighted by atomic mass is 9.74. The lowest BCUT2D eigenvalue weighted by molar-refractivity contribution is -0.175. The largest absolute Gasteiger partial charge is 0.286 e. The van der Waals surface area contributed by atoms with E-state index in [0.29, 0.717) is 0 Å². The quantitative estimate of drug-likeness (QED) is 0.433. The summed E-state index contributed by atoms with van der Waals surface area (Å²) in [4.78, 5) is 20.4. The number of rotatable bonds is 6. The van der Waals surface area contributed by atoms with Gasteiger partial charge in [0.1, 0.15) is 0 Å². The maximum atomic E-state index is 12.7. The highest BCUT2D eigenvalue weighted by molar-refractivity contribution is 5.77. The number of nitrogens with zero attached hydrogens (tertiary/aromatic N) is 2. The van der Waals surface area contributed by atoms with Crippen LogP contribution in [0.4, 0.5) is 0 Å². The van der Waals surface area contributed by atoms with Crippen molar-refractivity contribution in [3.8, 4) is 0 Å². The molecular formula is C27H30N2O2. The second-order valence-electron chi connectivity index (χ2n) is 8.09. The second kappa shape index (κ2) is 9.46. The van der Waals surface area contributed by atoms with Crippen LogP contribution in [-0.4, -0.2) is 43.1 Å². The standard InChI is InChI=1S/C27H30N2O2/c1-28(31-2)26(30)22-18-20-29(21-19-22)27(23-12-6-3-7-13-23,24-14-8-4-9-15-24)25-16-10-5-11-17-25/h3-17,22H,18-21H2,1-2H3. The van der Waals surface area contributed by atoms with Gasteiger partial charge in [0.15, 0.2) is 0 Å². The van der Waals surface area contributed by atoms with Crippen molar-refractivity contribution < 1.29 is 9.63 Å². The SMILES string of the molecule is CON(C)C(=O)C1CCN(C(c2ccccc2)(c2ccccc2)c2ccccc2)CC1. The first kappa shape index (κ1) is 21.3. The van der Waals surface area contributed by atoms with Crippen LogP contribution in [0.3, 0.4) is 0 Å². The molecule has 0 aliphatic carbocycles. The van der Waals surface area contributed by atoms with Crippen LogP contribution in [0.1, 0.15) is 29.5 Å². The third kappa shape index (κ3) is 4.01. The molecule has 0 radical (unpaired) electrons. The Morgan fingerprint density at radius 3 is 1.55 bits per heavy atom. The molecule has 3 aromatic rings. The summed E-state index contributed by atoms with van der Waals surface area (Å²) in [6.07, 6.45) is 1.61. The molecule has 1 aliphatic rings. The highest BCUT2D eigenvalue weighted by Crippen LogP contribution is 2.44. The van der Waals surface area contributed by atoms with Crippen LogP contribution >= 0.6 is 0 Å². The number of carbonyl (C=O) groups is 1. The highest BCUT2D eigenvalue weighted by atomic mass is 16.7. The van der Waals surface area contributed by atoms with Crippen molar-refractivity contribution in [1.29, 1.82) is 0 Å². The summed E-state index contributed by atoms with van der Waals surface area (Å²) in [5, 5.41) is 1.36. The molecule has 1 aliphatic heterocycles. The molecule has 160 valence electrons. The first-order valence-corrected chi connectivity index (χ1v) is 10.9. The van der Waals surface area contributed by atoms with Gasteiger partial charge in [-0.25, -0.2) is 5.06 Å². The summed E-state index contributed by atoms with van der Waals surface area (Å²) in [7, 11) is 3.23. The molecule has 0 saturated carbocycles. The molecule has 0 atom stereocenters.